The van der Waals surface area contributed by atoms with Gasteiger partial charge in [-0.1, -0.05) is 48.5 Å². The third kappa shape index (κ3) is 6.10. The van der Waals surface area contributed by atoms with Crippen molar-refractivity contribution in [3.05, 3.63) is 65.7 Å². The molecule has 0 radical (unpaired) electrons. The molecule has 4 heteroatoms. The molecule has 3 rings (SSSR count). The van der Waals surface area contributed by atoms with Crippen molar-refractivity contribution in [2.45, 2.75) is 25.7 Å². The van der Waals surface area contributed by atoms with Gasteiger partial charge in [-0.15, -0.1) is 0 Å². The van der Waals surface area contributed by atoms with Crippen LogP contribution in [0.3, 0.4) is 0 Å². The van der Waals surface area contributed by atoms with E-state index in [1.165, 1.54) is 18.4 Å². The molecular formula is C23H30N2O2. The van der Waals surface area contributed by atoms with Crippen molar-refractivity contribution >= 4 is 5.91 Å². The van der Waals surface area contributed by atoms with Crippen LogP contribution in [-0.2, 0) is 17.6 Å². The molecule has 1 aliphatic heterocycles. The van der Waals surface area contributed by atoms with Crippen LogP contribution in [0, 0.1) is 5.92 Å². The lowest BCUT2D eigenvalue weighted by Gasteiger charge is -2.31. The average Bonchev–Trinajstić information content (AvgIpc) is 2.71. The van der Waals surface area contributed by atoms with E-state index < -0.39 is 0 Å². The maximum atomic E-state index is 12.2. The molecule has 0 unspecified atom stereocenters. The molecule has 0 aromatic heterocycles. The highest BCUT2D eigenvalue weighted by atomic mass is 16.5. The summed E-state index contributed by atoms with van der Waals surface area (Å²) in [6.07, 6.45) is 4.28. The summed E-state index contributed by atoms with van der Waals surface area (Å²) in [5, 5.41) is 3.04. The molecule has 2 aromatic carbocycles. The monoisotopic (exact) mass is 366 g/mol. The standard InChI is InChI=1S/C23H30N2O2/c1-27-22-10-6-5-9-21(22)11-14-24-23(26)18-25-15-12-20(13-16-25)17-19-7-3-2-4-8-19/h2-10,20H,11-18H2,1H3,(H,24,26). The molecule has 1 fully saturated rings. The van der Waals surface area contributed by atoms with E-state index in [2.05, 4.69) is 40.5 Å². The quantitative estimate of drug-likeness (QED) is 0.779. The molecule has 1 N–H and O–H groups in total. The number of nitrogens with one attached hydrogen (secondary N) is 1. The number of para-hydroxylation sites is 1. The van der Waals surface area contributed by atoms with Crippen molar-refractivity contribution in [2.75, 3.05) is 33.3 Å². The van der Waals surface area contributed by atoms with Crippen LogP contribution in [0.15, 0.2) is 54.6 Å². The van der Waals surface area contributed by atoms with Gasteiger partial charge in [0, 0.05) is 6.54 Å². The maximum absolute atomic E-state index is 12.2. The second-order valence-electron chi connectivity index (χ2n) is 7.32. The molecule has 27 heavy (non-hydrogen) atoms. The lowest BCUT2D eigenvalue weighted by molar-refractivity contribution is -0.122. The summed E-state index contributed by atoms with van der Waals surface area (Å²) < 4.78 is 5.36. The fourth-order valence-electron chi connectivity index (χ4n) is 3.80. The Labute approximate surface area is 162 Å². The zero-order chi connectivity index (χ0) is 18.9. The van der Waals surface area contributed by atoms with E-state index >= 15 is 0 Å². The number of methoxy groups -OCH3 is 1. The van der Waals surface area contributed by atoms with Gasteiger partial charge in [-0.05, 0) is 61.9 Å². The van der Waals surface area contributed by atoms with Gasteiger partial charge in [0.25, 0.3) is 0 Å². The van der Waals surface area contributed by atoms with E-state index in [0.29, 0.717) is 13.1 Å². The van der Waals surface area contributed by atoms with E-state index in [-0.39, 0.29) is 5.91 Å². The van der Waals surface area contributed by atoms with Crippen molar-refractivity contribution in [3.63, 3.8) is 0 Å². The Kier molecular flexibility index (Phi) is 7.28. The average molecular weight is 367 g/mol. The van der Waals surface area contributed by atoms with Crippen molar-refractivity contribution in [3.8, 4) is 5.75 Å². The van der Waals surface area contributed by atoms with Crippen LogP contribution in [0.2, 0.25) is 0 Å². The van der Waals surface area contributed by atoms with E-state index in [0.717, 1.165) is 43.2 Å². The molecule has 1 amide bonds. The minimum absolute atomic E-state index is 0.117. The molecule has 1 aliphatic rings. The van der Waals surface area contributed by atoms with Crippen LogP contribution < -0.4 is 10.1 Å². The van der Waals surface area contributed by atoms with Crippen molar-refractivity contribution < 1.29 is 9.53 Å². The van der Waals surface area contributed by atoms with E-state index in [1.54, 1.807) is 7.11 Å². The van der Waals surface area contributed by atoms with Crippen molar-refractivity contribution in [2.24, 2.45) is 5.92 Å². The predicted octanol–water partition coefficient (Wildman–Crippen LogP) is 3.31. The first kappa shape index (κ1) is 19.4. The Balaban J connectivity index is 1.34. The summed E-state index contributed by atoms with van der Waals surface area (Å²) in [4.78, 5) is 14.5. The summed E-state index contributed by atoms with van der Waals surface area (Å²) in [6, 6.07) is 18.7. The molecule has 0 bridgehead atoms. The van der Waals surface area contributed by atoms with Gasteiger partial charge in [0.05, 0.1) is 13.7 Å². The normalized spacial score (nSPS) is 15.4. The fraction of sp³-hybridized carbons (Fsp3) is 0.435. The molecule has 4 nitrogen and oxygen atoms in total. The molecule has 0 atom stereocenters. The number of rotatable bonds is 8. The number of amides is 1. The molecule has 144 valence electrons. The zero-order valence-corrected chi connectivity index (χ0v) is 16.2. The highest BCUT2D eigenvalue weighted by molar-refractivity contribution is 5.78. The van der Waals surface area contributed by atoms with Crippen LogP contribution in [0.25, 0.3) is 0 Å². The van der Waals surface area contributed by atoms with E-state index in [1.807, 2.05) is 24.3 Å². The van der Waals surface area contributed by atoms with Gasteiger partial charge in [0.15, 0.2) is 0 Å². The lowest BCUT2D eigenvalue weighted by Crippen LogP contribution is -2.42. The molecular weight excluding hydrogens is 336 g/mol. The zero-order valence-electron chi connectivity index (χ0n) is 16.2. The smallest absolute Gasteiger partial charge is 0.234 e. The van der Waals surface area contributed by atoms with Gasteiger partial charge in [-0.25, -0.2) is 0 Å². The van der Waals surface area contributed by atoms with Gasteiger partial charge in [0.1, 0.15) is 5.75 Å². The number of ether oxygens (including phenoxy) is 1. The minimum atomic E-state index is 0.117. The highest BCUT2D eigenvalue weighted by Gasteiger charge is 2.20. The molecule has 1 heterocycles. The van der Waals surface area contributed by atoms with Gasteiger partial charge in [-0.3, -0.25) is 9.69 Å². The number of hydrogen-bond donors (Lipinski definition) is 1. The summed E-state index contributed by atoms with van der Waals surface area (Å²) in [6.45, 7) is 3.17. The van der Waals surface area contributed by atoms with Crippen LogP contribution in [0.1, 0.15) is 24.0 Å². The number of likely N-dealkylation sites (tertiary alicyclic amines) is 1. The first-order chi connectivity index (χ1) is 13.2. The maximum Gasteiger partial charge on any atom is 0.234 e. The van der Waals surface area contributed by atoms with Crippen LogP contribution in [0.5, 0.6) is 5.75 Å². The Hall–Kier alpha value is -2.33. The number of carbonyl (C=O) groups is 1. The minimum Gasteiger partial charge on any atom is -0.496 e. The van der Waals surface area contributed by atoms with E-state index in [9.17, 15) is 4.79 Å². The second kappa shape index (κ2) is 10.1. The first-order valence-corrected chi connectivity index (χ1v) is 9.89. The Morgan fingerprint density at radius 3 is 2.52 bits per heavy atom. The summed E-state index contributed by atoms with van der Waals surface area (Å²) in [7, 11) is 1.68. The molecule has 0 spiro atoms. The van der Waals surface area contributed by atoms with Gasteiger partial charge in [0.2, 0.25) is 5.91 Å². The van der Waals surface area contributed by atoms with Crippen LogP contribution in [0.4, 0.5) is 0 Å². The summed E-state index contributed by atoms with van der Waals surface area (Å²) >= 11 is 0. The topological polar surface area (TPSA) is 41.6 Å². The van der Waals surface area contributed by atoms with Gasteiger partial charge < -0.3 is 10.1 Å². The summed E-state index contributed by atoms with van der Waals surface area (Å²) in [5.74, 6) is 1.73. The molecule has 2 aromatic rings. The Morgan fingerprint density at radius 2 is 1.78 bits per heavy atom. The molecule has 1 saturated heterocycles. The number of piperidine rings is 1. The summed E-state index contributed by atoms with van der Waals surface area (Å²) in [5.41, 5.74) is 2.55. The van der Waals surface area contributed by atoms with Crippen LogP contribution >= 0.6 is 0 Å². The number of benzene rings is 2. The predicted molar refractivity (Wildman–Crippen MR) is 109 cm³/mol. The Bertz CT molecular complexity index is 709. The Morgan fingerprint density at radius 1 is 1.07 bits per heavy atom. The molecule has 0 saturated carbocycles. The van der Waals surface area contributed by atoms with Crippen molar-refractivity contribution in [1.82, 2.24) is 10.2 Å². The van der Waals surface area contributed by atoms with Gasteiger partial charge in [-0.2, -0.15) is 0 Å². The number of hydrogen-bond acceptors (Lipinski definition) is 3. The second-order valence-corrected chi connectivity index (χ2v) is 7.32. The number of carbonyl (C=O) groups excluding carboxylic acids is 1. The largest absolute Gasteiger partial charge is 0.496 e. The van der Waals surface area contributed by atoms with Gasteiger partial charge >= 0.3 is 0 Å². The van der Waals surface area contributed by atoms with Crippen molar-refractivity contribution in [1.29, 1.82) is 0 Å². The third-order valence-corrected chi connectivity index (χ3v) is 5.35. The molecule has 0 aliphatic carbocycles. The van der Waals surface area contributed by atoms with E-state index in [4.69, 9.17) is 4.74 Å². The SMILES string of the molecule is COc1ccccc1CCNC(=O)CN1CCC(Cc2ccccc2)CC1. The highest BCUT2D eigenvalue weighted by Crippen LogP contribution is 2.21. The fourth-order valence-corrected chi connectivity index (χ4v) is 3.80. The third-order valence-electron chi connectivity index (χ3n) is 5.35. The van der Waals surface area contributed by atoms with Crippen LogP contribution in [-0.4, -0.2) is 44.1 Å². The number of nitrogens with zero attached hydrogens (tertiary/aromatic N) is 1. The first-order valence-electron chi connectivity index (χ1n) is 9.89. The lowest BCUT2D eigenvalue weighted by atomic mass is 9.90.